The van der Waals surface area contributed by atoms with Crippen molar-refractivity contribution < 1.29 is 0 Å². The van der Waals surface area contributed by atoms with Gasteiger partial charge in [0.25, 0.3) is 0 Å². The highest BCUT2D eigenvalue weighted by Crippen LogP contribution is 2.31. The molecule has 1 fully saturated rings. The predicted molar refractivity (Wildman–Crippen MR) is 70.5 cm³/mol. The minimum absolute atomic E-state index is 0.794. The summed E-state index contributed by atoms with van der Waals surface area (Å²) < 4.78 is 0. The number of thiazole rings is 1. The van der Waals surface area contributed by atoms with Gasteiger partial charge < -0.3 is 0 Å². The topological polar surface area (TPSA) is 12.9 Å². The zero-order valence-corrected chi connectivity index (χ0v) is 11.2. The summed E-state index contributed by atoms with van der Waals surface area (Å²) >= 11 is 5.33. The monoisotopic (exact) mass is 285 g/mol. The molecule has 0 spiro atoms. The Bertz CT molecular complexity index is 312. The van der Waals surface area contributed by atoms with E-state index in [0.29, 0.717) is 0 Å². The van der Waals surface area contributed by atoms with E-state index < -0.39 is 0 Å². The first-order valence-electron chi connectivity index (χ1n) is 5.56. The Labute approximate surface area is 104 Å². The van der Waals surface area contributed by atoms with Crippen LogP contribution in [0.5, 0.6) is 0 Å². The zero-order valence-electron chi connectivity index (χ0n) is 8.79. The summed E-state index contributed by atoms with van der Waals surface area (Å²) in [5.74, 6) is 0.794. The van der Waals surface area contributed by atoms with Gasteiger partial charge in [-0.2, -0.15) is 0 Å². The number of hydrogen-bond donors (Lipinski definition) is 0. The van der Waals surface area contributed by atoms with Crippen LogP contribution in [0, 0.1) is 5.92 Å². The average molecular weight is 286 g/mol. The Kier molecular flexibility index (Phi) is 4.39. The van der Waals surface area contributed by atoms with Crippen molar-refractivity contribution in [3.8, 4) is 0 Å². The quantitative estimate of drug-likeness (QED) is 0.745. The smallest absolute Gasteiger partial charge is 0.115 e. The van der Waals surface area contributed by atoms with E-state index in [1.54, 1.807) is 11.3 Å². The number of alkyl halides is 1. The first kappa shape index (κ1) is 11.3. The summed E-state index contributed by atoms with van der Waals surface area (Å²) in [6.07, 6.45) is 11.1. The molecule has 1 aromatic heterocycles. The second-order valence-electron chi connectivity index (χ2n) is 4.06. The largest absolute Gasteiger partial charge is 0.245 e. The lowest BCUT2D eigenvalue weighted by Gasteiger charge is -2.23. The molecule has 3 heteroatoms. The average Bonchev–Trinajstić information content (AvgIpc) is 2.80. The Morgan fingerprint density at radius 1 is 1.47 bits per heavy atom. The summed E-state index contributed by atoms with van der Waals surface area (Å²) in [7, 11) is 0. The summed E-state index contributed by atoms with van der Waals surface area (Å²) in [5.41, 5.74) is 1.53. The first-order valence-corrected chi connectivity index (χ1v) is 7.56. The minimum Gasteiger partial charge on any atom is -0.245 e. The van der Waals surface area contributed by atoms with Gasteiger partial charge in [-0.1, -0.05) is 40.8 Å². The zero-order chi connectivity index (χ0) is 10.5. The number of rotatable bonds is 3. The van der Waals surface area contributed by atoms with Gasteiger partial charge in [-0.3, -0.25) is 0 Å². The molecule has 2 rings (SSSR count). The maximum absolute atomic E-state index is 4.32. The highest BCUT2D eigenvalue weighted by molar-refractivity contribution is 9.09. The molecular weight excluding hydrogens is 270 g/mol. The van der Waals surface area contributed by atoms with Gasteiger partial charge in [0, 0.05) is 16.9 Å². The fourth-order valence-electron chi connectivity index (χ4n) is 2.20. The molecule has 1 aromatic rings. The molecule has 82 valence electrons. The van der Waals surface area contributed by atoms with E-state index in [2.05, 4.69) is 27.0 Å². The van der Waals surface area contributed by atoms with Crippen LogP contribution in [0.3, 0.4) is 0 Å². The molecule has 15 heavy (non-hydrogen) atoms. The summed E-state index contributed by atoms with van der Waals surface area (Å²) in [6.45, 7) is 0. The lowest BCUT2D eigenvalue weighted by molar-refractivity contribution is 0.405. The molecule has 0 unspecified atom stereocenters. The molecule has 1 nitrogen and oxygen atoms in total. The molecule has 1 saturated carbocycles. The second kappa shape index (κ2) is 5.80. The fourth-order valence-corrected chi connectivity index (χ4v) is 3.43. The lowest BCUT2D eigenvalue weighted by Crippen LogP contribution is -2.09. The normalized spacial score (nSPS) is 19.4. The summed E-state index contributed by atoms with van der Waals surface area (Å²) in [6, 6.07) is 0. The molecular formula is C12H16BrNS. The van der Waals surface area contributed by atoms with Crippen LogP contribution in [-0.2, 0) is 0 Å². The van der Waals surface area contributed by atoms with Crippen molar-refractivity contribution in [2.75, 3.05) is 5.33 Å². The van der Waals surface area contributed by atoms with Crippen molar-refractivity contribution >= 4 is 33.3 Å². The number of hydrogen-bond acceptors (Lipinski definition) is 2. The lowest BCUT2D eigenvalue weighted by atomic mass is 9.84. The van der Waals surface area contributed by atoms with Crippen molar-refractivity contribution in [1.82, 2.24) is 4.98 Å². The van der Waals surface area contributed by atoms with Crippen LogP contribution in [0.2, 0.25) is 0 Å². The highest BCUT2D eigenvalue weighted by Gasteiger charge is 2.17. The number of aromatic nitrogens is 1. The Morgan fingerprint density at radius 3 is 2.87 bits per heavy atom. The van der Waals surface area contributed by atoms with Crippen molar-refractivity contribution in [2.45, 2.75) is 32.1 Å². The molecule has 1 heterocycles. The van der Waals surface area contributed by atoms with E-state index in [-0.39, 0.29) is 0 Å². The van der Waals surface area contributed by atoms with E-state index in [9.17, 15) is 0 Å². The summed E-state index contributed by atoms with van der Waals surface area (Å²) in [5, 5.41) is 4.19. The van der Waals surface area contributed by atoms with Crippen LogP contribution in [-0.4, -0.2) is 10.3 Å². The van der Waals surface area contributed by atoms with Gasteiger partial charge in [-0.05, 0) is 24.8 Å². The molecule has 0 aromatic carbocycles. The van der Waals surface area contributed by atoms with Crippen molar-refractivity contribution in [2.24, 2.45) is 5.92 Å². The molecule has 0 bridgehead atoms. The Balaban J connectivity index is 2.08. The van der Waals surface area contributed by atoms with Crippen molar-refractivity contribution in [1.29, 1.82) is 0 Å². The van der Waals surface area contributed by atoms with Crippen LogP contribution < -0.4 is 0 Å². The van der Waals surface area contributed by atoms with E-state index in [1.807, 2.05) is 11.6 Å². The second-order valence-corrected chi connectivity index (χ2v) is 5.55. The third-order valence-corrected chi connectivity index (χ3v) is 4.41. The van der Waals surface area contributed by atoms with Gasteiger partial charge in [0.1, 0.15) is 5.01 Å². The van der Waals surface area contributed by atoms with Crippen LogP contribution >= 0.6 is 27.3 Å². The van der Waals surface area contributed by atoms with Crippen LogP contribution in [0.15, 0.2) is 17.2 Å². The maximum Gasteiger partial charge on any atom is 0.115 e. The molecule has 1 aliphatic carbocycles. The molecule has 0 atom stereocenters. The standard InChI is InChI=1S/C12H16BrNS/c13-9-11(8-12-14-6-7-15-12)10-4-2-1-3-5-10/h6-8,10H,1-5,9H2/b11-8-. The van der Waals surface area contributed by atoms with Crippen LogP contribution in [0.1, 0.15) is 37.1 Å². The molecule has 0 radical (unpaired) electrons. The molecule has 1 aliphatic rings. The van der Waals surface area contributed by atoms with Crippen molar-refractivity contribution in [3.63, 3.8) is 0 Å². The third kappa shape index (κ3) is 3.15. The molecule has 0 aliphatic heterocycles. The Morgan fingerprint density at radius 2 is 2.27 bits per heavy atom. The van der Waals surface area contributed by atoms with Crippen LogP contribution in [0.25, 0.3) is 6.08 Å². The van der Waals surface area contributed by atoms with Gasteiger partial charge in [-0.15, -0.1) is 11.3 Å². The molecule has 0 N–H and O–H groups in total. The molecule has 0 saturated heterocycles. The highest BCUT2D eigenvalue weighted by atomic mass is 79.9. The number of halogens is 1. The van der Waals surface area contributed by atoms with Gasteiger partial charge in [0.05, 0.1) is 0 Å². The van der Waals surface area contributed by atoms with E-state index in [0.717, 1.165) is 16.3 Å². The van der Waals surface area contributed by atoms with Gasteiger partial charge in [0.2, 0.25) is 0 Å². The SMILES string of the molecule is BrC/C(=C/c1nccs1)C1CCCCC1. The van der Waals surface area contributed by atoms with Crippen molar-refractivity contribution in [3.05, 3.63) is 22.2 Å². The number of nitrogens with zero attached hydrogens (tertiary/aromatic N) is 1. The summed E-state index contributed by atoms with van der Waals surface area (Å²) in [4.78, 5) is 4.32. The Hall–Kier alpha value is -0.150. The van der Waals surface area contributed by atoms with E-state index in [4.69, 9.17) is 0 Å². The minimum atomic E-state index is 0.794. The third-order valence-electron chi connectivity index (χ3n) is 3.04. The maximum atomic E-state index is 4.32. The fraction of sp³-hybridized carbons (Fsp3) is 0.583. The van der Waals surface area contributed by atoms with Crippen LogP contribution in [0.4, 0.5) is 0 Å². The van der Waals surface area contributed by atoms with Gasteiger partial charge in [0.15, 0.2) is 0 Å². The molecule has 0 amide bonds. The van der Waals surface area contributed by atoms with E-state index >= 15 is 0 Å². The van der Waals surface area contributed by atoms with E-state index in [1.165, 1.54) is 37.7 Å². The number of allylic oxidation sites excluding steroid dienone is 1. The first-order chi connectivity index (χ1) is 7.40. The van der Waals surface area contributed by atoms with Gasteiger partial charge in [-0.25, -0.2) is 4.98 Å². The predicted octanol–water partition coefficient (Wildman–Crippen LogP) is 4.50. The van der Waals surface area contributed by atoms with Gasteiger partial charge >= 0.3 is 0 Å².